The summed E-state index contributed by atoms with van der Waals surface area (Å²) in [5, 5.41) is 0. The number of nitrogens with zero attached hydrogens (tertiary/aromatic N) is 1. The Balaban J connectivity index is 2.14. The van der Waals surface area contributed by atoms with Crippen LogP contribution in [-0.2, 0) is 14.6 Å². The third-order valence-corrected chi connectivity index (χ3v) is 5.23. The maximum Gasteiger partial charge on any atom is 0.183 e. The van der Waals surface area contributed by atoms with Crippen molar-refractivity contribution in [3.8, 4) is 0 Å². The molecule has 5 nitrogen and oxygen atoms in total. The fourth-order valence-corrected chi connectivity index (χ4v) is 3.87. The summed E-state index contributed by atoms with van der Waals surface area (Å²) in [5.74, 6) is -0.688. The number of nitrogens with two attached hydrogens (primary N) is 1. The summed E-state index contributed by atoms with van der Waals surface area (Å²) in [5.41, 5.74) is 5.53. The summed E-state index contributed by atoms with van der Waals surface area (Å²) in [7, 11) is -3.58. The molecule has 1 unspecified atom stereocenters. The molecule has 1 aliphatic heterocycles. The Kier molecular flexibility index (Phi) is 4.62. The van der Waals surface area contributed by atoms with Gasteiger partial charge in [0.1, 0.15) is 5.82 Å². The van der Waals surface area contributed by atoms with E-state index in [9.17, 15) is 12.8 Å². The van der Waals surface area contributed by atoms with Crippen LogP contribution in [0.25, 0.3) is 0 Å². The van der Waals surface area contributed by atoms with Gasteiger partial charge < -0.3 is 10.5 Å². The molecule has 0 saturated carbocycles. The molecule has 1 fully saturated rings. The summed E-state index contributed by atoms with van der Waals surface area (Å²) >= 11 is 0. The Hall–Kier alpha value is -1.18. The molecule has 20 heavy (non-hydrogen) atoms. The lowest BCUT2D eigenvalue weighted by Gasteiger charge is -2.31. The molecule has 1 aromatic rings. The second kappa shape index (κ2) is 6.07. The number of ether oxygens (including phenoxy) is 1. The van der Waals surface area contributed by atoms with E-state index in [2.05, 4.69) is 4.90 Å². The molecule has 0 radical (unpaired) electrons. The third-order valence-electron chi connectivity index (χ3n) is 3.38. The average Bonchev–Trinajstić information content (AvgIpc) is 2.37. The topological polar surface area (TPSA) is 72.6 Å². The second-order valence-electron chi connectivity index (χ2n) is 4.85. The molecule has 0 spiro atoms. The Morgan fingerprint density at radius 3 is 2.90 bits per heavy atom. The highest BCUT2D eigenvalue weighted by atomic mass is 32.2. The second-order valence-corrected chi connectivity index (χ2v) is 6.85. The van der Waals surface area contributed by atoms with Crippen molar-refractivity contribution in [2.75, 3.05) is 37.7 Å². The molecule has 1 aliphatic rings. The lowest BCUT2D eigenvalue weighted by Crippen LogP contribution is -2.45. The Morgan fingerprint density at radius 2 is 2.25 bits per heavy atom. The number of likely N-dealkylation sites (N-methyl/N-ethyl adjacent to an activating group) is 1. The maximum absolute atomic E-state index is 13.0. The summed E-state index contributed by atoms with van der Waals surface area (Å²) in [6, 6.07) is 3.33. The normalized spacial score (nSPS) is 21.0. The Labute approximate surface area is 118 Å². The monoisotopic (exact) mass is 302 g/mol. The molecule has 2 N–H and O–H groups in total. The molecule has 0 amide bonds. The van der Waals surface area contributed by atoms with Gasteiger partial charge in [-0.05, 0) is 24.7 Å². The van der Waals surface area contributed by atoms with E-state index >= 15 is 0 Å². The van der Waals surface area contributed by atoms with Gasteiger partial charge in [0.25, 0.3) is 0 Å². The van der Waals surface area contributed by atoms with Gasteiger partial charge in [-0.15, -0.1) is 0 Å². The molecule has 1 aromatic carbocycles. The fraction of sp³-hybridized carbons (Fsp3) is 0.538. The van der Waals surface area contributed by atoms with E-state index in [0.717, 1.165) is 25.2 Å². The summed E-state index contributed by atoms with van der Waals surface area (Å²) < 4.78 is 43.1. The van der Waals surface area contributed by atoms with E-state index in [1.807, 2.05) is 6.92 Å². The number of rotatable bonds is 4. The van der Waals surface area contributed by atoms with Crippen LogP contribution in [-0.4, -0.2) is 51.4 Å². The van der Waals surface area contributed by atoms with Gasteiger partial charge in [-0.1, -0.05) is 6.92 Å². The minimum atomic E-state index is -3.58. The number of hydrogen-bond donors (Lipinski definition) is 1. The van der Waals surface area contributed by atoms with E-state index in [-0.39, 0.29) is 22.4 Å². The number of sulfone groups is 1. The van der Waals surface area contributed by atoms with Crippen LogP contribution >= 0.6 is 0 Å². The molecule has 1 saturated heterocycles. The van der Waals surface area contributed by atoms with Gasteiger partial charge in [-0.25, -0.2) is 12.8 Å². The quantitative estimate of drug-likeness (QED) is 0.661. The van der Waals surface area contributed by atoms with Gasteiger partial charge in [0.15, 0.2) is 9.84 Å². The van der Waals surface area contributed by atoms with Crippen LogP contribution < -0.4 is 5.73 Å². The van der Waals surface area contributed by atoms with Crippen molar-refractivity contribution in [1.29, 1.82) is 0 Å². The zero-order valence-corrected chi connectivity index (χ0v) is 12.2. The molecule has 7 heteroatoms. The fourth-order valence-electron chi connectivity index (χ4n) is 2.31. The summed E-state index contributed by atoms with van der Waals surface area (Å²) in [4.78, 5) is 2.11. The van der Waals surface area contributed by atoms with E-state index in [0.29, 0.717) is 13.2 Å². The van der Waals surface area contributed by atoms with Gasteiger partial charge in [-0.3, -0.25) is 4.90 Å². The number of halogens is 1. The van der Waals surface area contributed by atoms with Gasteiger partial charge in [-0.2, -0.15) is 0 Å². The summed E-state index contributed by atoms with van der Waals surface area (Å²) in [6.45, 7) is 4.79. The highest BCUT2D eigenvalue weighted by molar-refractivity contribution is 7.91. The van der Waals surface area contributed by atoms with Crippen molar-refractivity contribution in [3.63, 3.8) is 0 Å². The van der Waals surface area contributed by atoms with Gasteiger partial charge >= 0.3 is 0 Å². The van der Waals surface area contributed by atoms with Crippen molar-refractivity contribution in [2.45, 2.75) is 17.9 Å². The lowest BCUT2D eigenvalue weighted by atomic mass is 10.3. The van der Waals surface area contributed by atoms with Crippen molar-refractivity contribution >= 4 is 15.5 Å². The zero-order chi connectivity index (χ0) is 14.8. The molecule has 0 aliphatic carbocycles. The first-order chi connectivity index (χ1) is 9.42. The predicted molar refractivity (Wildman–Crippen MR) is 74.7 cm³/mol. The van der Waals surface area contributed by atoms with Gasteiger partial charge in [0.2, 0.25) is 0 Å². The van der Waals surface area contributed by atoms with E-state index in [4.69, 9.17) is 10.5 Å². The number of hydrogen-bond acceptors (Lipinski definition) is 5. The van der Waals surface area contributed by atoms with Crippen LogP contribution in [0.15, 0.2) is 23.1 Å². The third kappa shape index (κ3) is 3.47. The van der Waals surface area contributed by atoms with Crippen LogP contribution in [0.1, 0.15) is 6.92 Å². The molecule has 2 rings (SSSR count). The Bertz CT molecular complexity index is 577. The van der Waals surface area contributed by atoms with E-state index in [1.165, 1.54) is 6.07 Å². The van der Waals surface area contributed by atoms with Gasteiger partial charge in [0, 0.05) is 13.1 Å². The van der Waals surface area contributed by atoms with Crippen LogP contribution in [0.3, 0.4) is 0 Å². The van der Waals surface area contributed by atoms with E-state index < -0.39 is 15.7 Å². The first kappa shape index (κ1) is 15.2. The van der Waals surface area contributed by atoms with Crippen molar-refractivity contribution in [1.82, 2.24) is 4.90 Å². The number of anilines is 1. The van der Waals surface area contributed by atoms with Crippen LogP contribution in [0, 0.1) is 5.82 Å². The average molecular weight is 302 g/mol. The number of nitrogen functional groups attached to an aromatic ring is 1. The molecule has 0 bridgehead atoms. The smallest absolute Gasteiger partial charge is 0.183 e. The molecular weight excluding hydrogens is 283 g/mol. The van der Waals surface area contributed by atoms with Crippen molar-refractivity contribution in [3.05, 3.63) is 24.0 Å². The number of benzene rings is 1. The largest absolute Gasteiger partial charge is 0.398 e. The van der Waals surface area contributed by atoms with Crippen LogP contribution in [0.2, 0.25) is 0 Å². The molecular formula is C13H19FN2O3S. The number of morpholine rings is 1. The first-order valence-corrected chi connectivity index (χ1v) is 8.19. The molecule has 0 aromatic heterocycles. The maximum atomic E-state index is 13.0. The SMILES string of the molecule is CCN1CCOC(CS(=O)(=O)c2ccc(F)cc2N)C1. The van der Waals surface area contributed by atoms with Gasteiger partial charge in [0.05, 0.1) is 29.0 Å². The van der Waals surface area contributed by atoms with Crippen molar-refractivity contribution in [2.24, 2.45) is 0 Å². The summed E-state index contributed by atoms with van der Waals surface area (Å²) in [6.07, 6.45) is -0.377. The highest BCUT2D eigenvalue weighted by Gasteiger charge is 2.27. The predicted octanol–water partition coefficient (Wildman–Crippen LogP) is 0.902. The molecule has 112 valence electrons. The standard InChI is InChI=1S/C13H19FN2O3S/c1-2-16-5-6-19-11(8-16)9-20(17,18)13-4-3-10(14)7-12(13)15/h3-4,7,11H,2,5-6,8-9,15H2,1H3. The first-order valence-electron chi connectivity index (χ1n) is 6.54. The zero-order valence-electron chi connectivity index (χ0n) is 11.4. The van der Waals surface area contributed by atoms with Crippen molar-refractivity contribution < 1.29 is 17.5 Å². The molecule has 1 heterocycles. The van der Waals surface area contributed by atoms with Crippen LogP contribution in [0.4, 0.5) is 10.1 Å². The Morgan fingerprint density at radius 1 is 1.50 bits per heavy atom. The minimum absolute atomic E-state index is 0.0314. The van der Waals surface area contributed by atoms with Crippen LogP contribution in [0.5, 0.6) is 0 Å². The minimum Gasteiger partial charge on any atom is -0.398 e. The highest BCUT2D eigenvalue weighted by Crippen LogP contribution is 2.22. The van der Waals surface area contributed by atoms with E-state index in [1.54, 1.807) is 0 Å². The molecule has 1 atom stereocenters. The lowest BCUT2D eigenvalue weighted by molar-refractivity contribution is -0.0145.